The van der Waals surface area contributed by atoms with Crippen LogP contribution >= 0.6 is 0 Å². The van der Waals surface area contributed by atoms with E-state index in [1.165, 1.54) is 39.5 Å². The summed E-state index contributed by atoms with van der Waals surface area (Å²) in [5.74, 6) is -0.205. The monoisotopic (exact) mass is 413 g/mol. The van der Waals surface area contributed by atoms with E-state index < -0.39 is 0 Å². The van der Waals surface area contributed by atoms with Gasteiger partial charge in [-0.15, -0.1) is 0 Å². The van der Waals surface area contributed by atoms with Crippen LogP contribution in [0.5, 0.6) is 0 Å². The summed E-state index contributed by atoms with van der Waals surface area (Å²) < 4.78 is 0. The number of hydrogen-bond donors (Lipinski definition) is 3. The molecule has 0 bridgehead atoms. The molecule has 0 heterocycles. The maximum atomic E-state index is 12.2. The fourth-order valence-electron chi connectivity index (χ4n) is 3.69. The van der Waals surface area contributed by atoms with E-state index in [1.54, 1.807) is 12.1 Å². The highest BCUT2D eigenvalue weighted by molar-refractivity contribution is 6.03. The first-order chi connectivity index (χ1) is 14.7. The topological polar surface area (TPSA) is 67.2 Å². The predicted octanol–water partition coefficient (Wildman–Crippen LogP) is 6.07. The number of nitrogen functional groups attached to an aromatic ring is 1. The van der Waals surface area contributed by atoms with Crippen molar-refractivity contribution in [2.75, 3.05) is 16.4 Å². The van der Waals surface area contributed by atoms with Crippen molar-refractivity contribution in [2.45, 2.75) is 41.2 Å². The van der Waals surface area contributed by atoms with Gasteiger partial charge >= 0.3 is 0 Å². The summed E-state index contributed by atoms with van der Waals surface area (Å²) in [5, 5.41) is 6.37. The Hall–Kier alpha value is -3.53. The van der Waals surface area contributed by atoms with Crippen LogP contribution in [0.2, 0.25) is 0 Å². The normalized spacial score (nSPS) is 11.0. The third-order valence-corrected chi connectivity index (χ3v) is 5.76. The van der Waals surface area contributed by atoms with Crippen molar-refractivity contribution < 1.29 is 4.79 Å². The number of carbonyl (C=O) groups excluding carboxylic acids is 1. The van der Waals surface area contributed by atoms with E-state index in [9.17, 15) is 4.79 Å². The van der Waals surface area contributed by atoms with E-state index in [-0.39, 0.29) is 5.91 Å². The minimum Gasteiger partial charge on any atom is -0.397 e. The van der Waals surface area contributed by atoms with Crippen LogP contribution < -0.4 is 16.4 Å². The molecule has 31 heavy (non-hydrogen) atoms. The van der Waals surface area contributed by atoms with Gasteiger partial charge in [-0.2, -0.15) is 0 Å². The van der Waals surface area contributed by atoms with Crippen LogP contribution in [0.25, 0.3) is 6.08 Å². The van der Waals surface area contributed by atoms with Crippen LogP contribution in [0.15, 0.2) is 54.6 Å². The summed E-state index contributed by atoms with van der Waals surface area (Å²) in [6.07, 6.45) is 3.37. The highest BCUT2D eigenvalue weighted by Crippen LogP contribution is 2.23. The molecule has 0 aromatic heterocycles. The maximum Gasteiger partial charge on any atom is 0.248 e. The fraction of sp³-hybridized carbons (Fsp3) is 0.222. The quantitative estimate of drug-likeness (QED) is 0.339. The molecule has 3 aromatic rings. The number of carbonyl (C=O) groups is 1. The second kappa shape index (κ2) is 9.52. The zero-order valence-corrected chi connectivity index (χ0v) is 19.0. The summed E-state index contributed by atoms with van der Waals surface area (Å²) >= 11 is 0. The highest BCUT2D eigenvalue weighted by Gasteiger charge is 2.07. The smallest absolute Gasteiger partial charge is 0.248 e. The van der Waals surface area contributed by atoms with E-state index in [4.69, 9.17) is 5.73 Å². The molecule has 160 valence electrons. The van der Waals surface area contributed by atoms with E-state index in [1.807, 2.05) is 18.2 Å². The molecule has 0 aliphatic heterocycles. The number of para-hydroxylation sites is 2. The van der Waals surface area contributed by atoms with Gasteiger partial charge in [0, 0.05) is 18.3 Å². The largest absolute Gasteiger partial charge is 0.397 e. The molecule has 0 spiro atoms. The number of nitrogens with two attached hydrogens (primary N) is 1. The lowest BCUT2D eigenvalue weighted by Crippen LogP contribution is -2.09. The summed E-state index contributed by atoms with van der Waals surface area (Å²) in [4.78, 5) is 12.2. The average Bonchev–Trinajstić information content (AvgIpc) is 2.71. The Balaban J connectivity index is 1.69. The number of nitrogens with one attached hydrogen (secondary N) is 2. The number of hydrogen-bond acceptors (Lipinski definition) is 3. The third kappa shape index (κ3) is 5.54. The van der Waals surface area contributed by atoms with E-state index in [0.717, 1.165) is 17.8 Å². The van der Waals surface area contributed by atoms with Crippen molar-refractivity contribution in [3.05, 3.63) is 93.6 Å². The standard InChI is InChI=1S/C27H31N3O/c1-17-14-23(15-18(2)21(17)5)29-16-24-19(3)12-22(13-20(24)4)10-11-27(31)30-26-9-7-6-8-25(26)28/h6-15,29H,16,28H2,1-5H3,(H,30,31)/b11-10+. The third-order valence-electron chi connectivity index (χ3n) is 5.76. The molecule has 0 aliphatic rings. The molecule has 0 fully saturated rings. The molecule has 3 aromatic carbocycles. The van der Waals surface area contributed by atoms with Gasteiger partial charge in [-0.05, 0) is 104 Å². The summed E-state index contributed by atoms with van der Waals surface area (Å²) in [5.41, 5.74) is 16.8. The van der Waals surface area contributed by atoms with Gasteiger partial charge in [-0.25, -0.2) is 0 Å². The van der Waals surface area contributed by atoms with Crippen molar-refractivity contribution in [1.82, 2.24) is 0 Å². The van der Waals surface area contributed by atoms with Gasteiger partial charge in [-0.1, -0.05) is 24.3 Å². The fourth-order valence-corrected chi connectivity index (χ4v) is 3.69. The predicted molar refractivity (Wildman–Crippen MR) is 132 cm³/mol. The SMILES string of the molecule is Cc1cc(NCc2c(C)cc(/C=C/C(=O)Nc3ccccc3N)cc2C)cc(C)c1C. The second-order valence-electron chi connectivity index (χ2n) is 8.13. The van der Waals surface area contributed by atoms with Crippen LogP contribution in [0.3, 0.4) is 0 Å². The minimum atomic E-state index is -0.205. The Kier molecular flexibility index (Phi) is 6.81. The van der Waals surface area contributed by atoms with E-state index >= 15 is 0 Å². The van der Waals surface area contributed by atoms with Crippen LogP contribution in [0.4, 0.5) is 17.1 Å². The Labute approximate surface area is 185 Å². The van der Waals surface area contributed by atoms with Crippen molar-refractivity contribution in [3.63, 3.8) is 0 Å². The molecule has 0 aliphatic carbocycles. The minimum absolute atomic E-state index is 0.205. The molecule has 3 rings (SSSR count). The van der Waals surface area contributed by atoms with Gasteiger partial charge in [0.05, 0.1) is 11.4 Å². The van der Waals surface area contributed by atoms with Crippen molar-refractivity contribution >= 4 is 29.0 Å². The first kappa shape index (κ1) is 22.2. The molecule has 0 radical (unpaired) electrons. The lowest BCUT2D eigenvalue weighted by atomic mass is 9.98. The van der Waals surface area contributed by atoms with Crippen LogP contribution in [-0.2, 0) is 11.3 Å². The van der Waals surface area contributed by atoms with E-state index in [0.29, 0.717) is 11.4 Å². The molecular formula is C27H31N3O. The summed E-state index contributed by atoms with van der Waals surface area (Å²) in [6.45, 7) is 11.4. The lowest BCUT2D eigenvalue weighted by Gasteiger charge is -2.15. The Morgan fingerprint density at radius 3 is 2.13 bits per heavy atom. The molecular weight excluding hydrogens is 382 g/mol. The number of benzene rings is 3. The summed E-state index contributed by atoms with van der Waals surface area (Å²) in [6, 6.07) is 15.8. The number of anilines is 3. The average molecular weight is 414 g/mol. The maximum absolute atomic E-state index is 12.2. The van der Waals surface area contributed by atoms with Gasteiger partial charge in [0.1, 0.15) is 0 Å². The zero-order chi connectivity index (χ0) is 22.5. The van der Waals surface area contributed by atoms with Crippen molar-refractivity contribution in [2.24, 2.45) is 0 Å². The highest BCUT2D eigenvalue weighted by atomic mass is 16.1. The molecule has 4 nitrogen and oxygen atoms in total. The van der Waals surface area contributed by atoms with Crippen molar-refractivity contribution in [1.29, 1.82) is 0 Å². The molecule has 4 N–H and O–H groups in total. The lowest BCUT2D eigenvalue weighted by molar-refractivity contribution is -0.111. The second-order valence-corrected chi connectivity index (χ2v) is 8.13. The molecule has 0 saturated carbocycles. The van der Waals surface area contributed by atoms with Gasteiger partial charge < -0.3 is 16.4 Å². The first-order valence-corrected chi connectivity index (χ1v) is 10.5. The van der Waals surface area contributed by atoms with E-state index in [2.05, 4.69) is 69.5 Å². The molecule has 1 amide bonds. The molecule has 0 saturated heterocycles. The molecule has 0 unspecified atom stereocenters. The van der Waals surface area contributed by atoms with Gasteiger partial charge in [0.25, 0.3) is 0 Å². The van der Waals surface area contributed by atoms with Crippen LogP contribution in [0.1, 0.15) is 38.9 Å². The van der Waals surface area contributed by atoms with Gasteiger partial charge in [-0.3, -0.25) is 4.79 Å². The number of aryl methyl sites for hydroxylation is 4. The number of rotatable bonds is 6. The van der Waals surface area contributed by atoms with Gasteiger partial charge in [0.15, 0.2) is 0 Å². The number of amides is 1. The van der Waals surface area contributed by atoms with Crippen LogP contribution in [-0.4, -0.2) is 5.91 Å². The Morgan fingerprint density at radius 2 is 1.52 bits per heavy atom. The van der Waals surface area contributed by atoms with Crippen LogP contribution in [0, 0.1) is 34.6 Å². The molecule has 4 heteroatoms. The zero-order valence-electron chi connectivity index (χ0n) is 19.0. The van der Waals surface area contributed by atoms with Crippen molar-refractivity contribution in [3.8, 4) is 0 Å². The molecule has 0 atom stereocenters. The van der Waals surface area contributed by atoms with Gasteiger partial charge in [0.2, 0.25) is 5.91 Å². The first-order valence-electron chi connectivity index (χ1n) is 10.5. The summed E-state index contributed by atoms with van der Waals surface area (Å²) in [7, 11) is 0. The Bertz CT molecular complexity index is 1100. The Morgan fingerprint density at radius 1 is 0.903 bits per heavy atom.